The van der Waals surface area contributed by atoms with Gasteiger partial charge in [-0.05, 0) is 54.5 Å². The zero-order chi connectivity index (χ0) is 25.7. The molecule has 38 heavy (non-hydrogen) atoms. The molecule has 1 saturated carbocycles. The van der Waals surface area contributed by atoms with E-state index in [0.29, 0.717) is 6.54 Å². The first-order chi connectivity index (χ1) is 18.7. The summed E-state index contributed by atoms with van der Waals surface area (Å²) in [6.07, 6.45) is 11.1. The summed E-state index contributed by atoms with van der Waals surface area (Å²) < 4.78 is 17.4. The Labute approximate surface area is 223 Å². The Morgan fingerprint density at radius 3 is 2.24 bits per heavy atom. The fourth-order valence-electron chi connectivity index (χ4n) is 5.69. The molecule has 1 unspecified atom stereocenters. The van der Waals surface area contributed by atoms with Crippen molar-refractivity contribution in [2.24, 2.45) is 0 Å². The van der Waals surface area contributed by atoms with Crippen LogP contribution in [-0.4, -0.2) is 71.5 Å². The first-order valence-corrected chi connectivity index (χ1v) is 13.7. The first kappa shape index (κ1) is 24.9. The molecule has 1 saturated heterocycles. The second kappa shape index (κ2) is 11.5. The Morgan fingerprint density at radius 1 is 0.842 bits per heavy atom. The number of piperazine rings is 1. The molecule has 4 aromatic rings. The van der Waals surface area contributed by atoms with E-state index in [1.807, 2.05) is 23.1 Å². The number of nitrogens with zero attached hydrogens (tertiary/aromatic N) is 8. The highest BCUT2D eigenvalue weighted by atomic mass is 19.1. The lowest BCUT2D eigenvalue weighted by molar-refractivity contribution is 0.0378. The SMILES string of the molecule is Fc1ccc(Cn2cnnc2C(CCc2ccc(Cn3cncn3)cc2)N2CCN(C3CCC3)CC2)cc1. The van der Waals surface area contributed by atoms with Crippen LogP contribution in [-0.2, 0) is 19.5 Å². The van der Waals surface area contributed by atoms with E-state index in [4.69, 9.17) is 0 Å². The number of halogens is 1. The molecule has 0 N–H and O–H groups in total. The highest BCUT2D eigenvalue weighted by Gasteiger charge is 2.32. The average molecular weight is 515 g/mol. The Bertz CT molecular complexity index is 1270. The lowest BCUT2D eigenvalue weighted by Crippen LogP contribution is -2.53. The van der Waals surface area contributed by atoms with E-state index in [0.717, 1.165) is 63.0 Å². The molecule has 0 radical (unpaired) electrons. The van der Waals surface area contributed by atoms with Crippen molar-refractivity contribution in [2.45, 2.75) is 57.3 Å². The third-order valence-corrected chi connectivity index (χ3v) is 8.13. The Morgan fingerprint density at radius 2 is 1.55 bits per heavy atom. The van der Waals surface area contributed by atoms with Gasteiger partial charge in [-0.2, -0.15) is 5.10 Å². The predicted molar refractivity (Wildman–Crippen MR) is 143 cm³/mol. The van der Waals surface area contributed by atoms with Crippen molar-refractivity contribution >= 4 is 0 Å². The van der Waals surface area contributed by atoms with Crippen LogP contribution in [0.1, 0.15) is 54.2 Å². The van der Waals surface area contributed by atoms with Gasteiger partial charge in [0.05, 0.1) is 19.1 Å². The number of rotatable bonds is 10. The van der Waals surface area contributed by atoms with Gasteiger partial charge >= 0.3 is 0 Å². The van der Waals surface area contributed by atoms with Crippen LogP contribution in [0.15, 0.2) is 67.5 Å². The highest BCUT2D eigenvalue weighted by Crippen LogP contribution is 2.30. The minimum atomic E-state index is -0.216. The highest BCUT2D eigenvalue weighted by molar-refractivity contribution is 5.23. The van der Waals surface area contributed by atoms with Gasteiger partial charge in [-0.3, -0.25) is 9.80 Å². The maximum absolute atomic E-state index is 13.5. The molecule has 198 valence electrons. The molecule has 2 aromatic carbocycles. The van der Waals surface area contributed by atoms with Crippen molar-refractivity contribution in [3.05, 3.63) is 95.8 Å². The molecule has 2 fully saturated rings. The summed E-state index contributed by atoms with van der Waals surface area (Å²) in [5.41, 5.74) is 3.57. The molecule has 1 aliphatic heterocycles. The summed E-state index contributed by atoms with van der Waals surface area (Å²) in [5, 5.41) is 13.1. The van der Waals surface area contributed by atoms with Crippen LogP contribution in [0.2, 0.25) is 0 Å². The summed E-state index contributed by atoms with van der Waals surface area (Å²) in [4.78, 5) is 9.30. The molecule has 0 spiro atoms. The topological polar surface area (TPSA) is 67.9 Å². The summed E-state index contributed by atoms with van der Waals surface area (Å²) in [6.45, 7) is 5.68. The summed E-state index contributed by atoms with van der Waals surface area (Å²) >= 11 is 0. The quantitative estimate of drug-likeness (QED) is 0.319. The summed E-state index contributed by atoms with van der Waals surface area (Å²) in [7, 11) is 0. The van der Waals surface area contributed by atoms with Gasteiger partial charge in [0.2, 0.25) is 0 Å². The minimum absolute atomic E-state index is 0.177. The minimum Gasteiger partial charge on any atom is -0.312 e. The number of hydrogen-bond donors (Lipinski definition) is 0. The zero-order valence-electron chi connectivity index (χ0n) is 21.7. The second-order valence-electron chi connectivity index (χ2n) is 10.6. The molecule has 8 nitrogen and oxygen atoms in total. The van der Waals surface area contributed by atoms with Crippen molar-refractivity contribution < 1.29 is 4.39 Å². The van der Waals surface area contributed by atoms with Crippen LogP contribution in [0.4, 0.5) is 4.39 Å². The van der Waals surface area contributed by atoms with E-state index in [1.54, 1.807) is 12.7 Å². The number of benzene rings is 2. The zero-order valence-corrected chi connectivity index (χ0v) is 21.7. The van der Waals surface area contributed by atoms with Gasteiger partial charge in [-0.15, -0.1) is 10.2 Å². The maximum Gasteiger partial charge on any atom is 0.150 e. The lowest BCUT2D eigenvalue weighted by Gasteiger charge is -2.44. The second-order valence-corrected chi connectivity index (χ2v) is 10.6. The molecule has 1 atom stereocenters. The van der Waals surface area contributed by atoms with E-state index < -0.39 is 0 Å². The van der Waals surface area contributed by atoms with Crippen molar-refractivity contribution in [1.29, 1.82) is 0 Å². The van der Waals surface area contributed by atoms with Crippen LogP contribution in [0.3, 0.4) is 0 Å². The Hall–Kier alpha value is -3.43. The predicted octanol–water partition coefficient (Wildman–Crippen LogP) is 3.95. The third kappa shape index (κ3) is 5.84. The number of aryl methyl sites for hydroxylation is 1. The Kier molecular flexibility index (Phi) is 7.55. The van der Waals surface area contributed by atoms with Crippen molar-refractivity contribution in [3.8, 4) is 0 Å². The summed E-state index contributed by atoms with van der Waals surface area (Å²) in [6, 6.07) is 16.5. The fraction of sp³-hybridized carbons (Fsp3) is 0.448. The normalized spacial score (nSPS) is 17.9. The molecule has 2 aliphatic rings. The smallest absolute Gasteiger partial charge is 0.150 e. The van der Waals surface area contributed by atoms with Crippen LogP contribution >= 0.6 is 0 Å². The average Bonchev–Trinajstić information content (AvgIpc) is 3.59. The number of hydrogen-bond acceptors (Lipinski definition) is 6. The third-order valence-electron chi connectivity index (χ3n) is 8.13. The van der Waals surface area contributed by atoms with Crippen LogP contribution in [0, 0.1) is 5.82 Å². The molecule has 0 amide bonds. The maximum atomic E-state index is 13.5. The van der Waals surface area contributed by atoms with Gasteiger partial charge in [0.1, 0.15) is 24.8 Å². The van der Waals surface area contributed by atoms with E-state index in [1.165, 1.54) is 42.5 Å². The molecule has 6 rings (SSSR count). The van der Waals surface area contributed by atoms with Crippen LogP contribution < -0.4 is 0 Å². The van der Waals surface area contributed by atoms with E-state index in [2.05, 4.69) is 58.9 Å². The largest absolute Gasteiger partial charge is 0.312 e. The van der Waals surface area contributed by atoms with Gasteiger partial charge in [0, 0.05) is 32.2 Å². The standard InChI is InChI=1S/C29H35FN8/c30-26-11-8-24(9-12-26)18-37-22-32-34-29(37)28(36-16-14-35(15-17-36)27-2-1-3-27)13-10-23-4-6-25(7-5-23)19-38-21-31-20-33-38/h4-9,11-12,20-22,27-28H,1-3,10,13-19H2. The van der Waals surface area contributed by atoms with E-state index in [9.17, 15) is 4.39 Å². The molecule has 3 heterocycles. The first-order valence-electron chi connectivity index (χ1n) is 13.7. The van der Waals surface area contributed by atoms with Gasteiger partial charge < -0.3 is 4.57 Å². The van der Waals surface area contributed by atoms with Crippen molar-refractivity contribution in [1.82, 2.24) is 39.3 Å². The molecule has 9 heteroatoms. The van der Waals surface area contributed by atoms with E-state index in [-0.39, 0.29) is 11.9 Å². The fourth-order valence-corrected chi connectivity index (χ4v) is 5.69. The molecule has 0 bridgehead atoms. The molecule has 2 aromatic heterocycles. The summed E-state index contributed by atoms with van der Waals surface area (Å²) in [5.74, 6) is 0.779. The van der Waals surface area contributed by atoms with Crippen molar-refractivity contribution in [2.75, 3.05) is 26.2 Å². The van der Waals surface area contributed by atoms with Crippen LogP contribution in [0.5, 0.6) is 0 Å². The Balaban J connectivity index is 1.17. The molecular weight excluding hydrogens is 479 g/mol. The molecule has 1 aliphatic carbocycles. The van der Waals surface area contributed by atoms with Gasteiger partial charge in [0.15, 0.2) is 5.82 Å². The van der Waals surface area contributed by atoms with Gasteiger partial charge in [0.25, 0.3) is 0 Å². The van der Waals surface area contributed by atoms with Crippen LogP contribution in [0.25, 0.3) is 0 Å². The van der Waals surface area contributed by atoms with Crippen molar-refractivity contribution in [3.63, 3.8) is 0 Å². The van der Waals surface area contributed by atoms with Gasteiger partial charge in [-0.25, -0.2) is 14.1 Å². The van der Waals surface area contributed by atoms with E-state index >= 15 is 0 Å². The number of aromatic nitrogens is 6. The monoisotopic (exact) mass is 514 g/mol. The lowest BCUT2D eigenvalue weighted by atomic mass is 9.91. The molecular formula is C29H35FN8. The van der Waals surface area contributed by atoms with Gasteiger partial charge in [-0.1, -0.05) is 42.8 Å².